The second-order valence-corrected chi connectivity index (χ2v) is 5.86. The molecule has 0 aromatic heterocycles. The monoisotopic (exact) mass is 265 g/mol. The number of benzene rings is 1. The van der Waals surface area contributed by atoms with Gasteiger partial charge in [-0.25, -0.2) is 0 Å². The lowest BCUT2D eigenvalue weighted by atomic mass is 10.2. The molecule has 1 N–H and O–H groups in total. The molecule has 18 heavy (non-hydrogen) atoms. The van der Waals surface area contributed by atoms with Crippen molar-refractivity contribution >= 4 is 17.7 Å². The van der Waals surface area contributed by atoms with Crippen molar-refractivity contribution in [1.82, 2.24) is 4.90 Å². The summed E-state index contributed by atoms with van der Waals surface area (Å²) < 4.78 is 0. The first-order valence-electron chi connectivity index (χ1n) is 6.30. The second kappa shape index (κ2) is 6.25. The molecule has 4 heteroatoms. The summed E-state index contributed by atoms with van der Waals surface area (Å²) in [5.41, 5.74) is 1.25. The topological polar surface area (TPSA) is 40.5 Å². The Bertz CT molecular complexity index is 405. The van der Waals surface area contributed by atoms with Crippen LogP contribution in [0.1, 0.15) is 18.4 Å². The summed E-state index contributed by atoms with van der Waals surface area (Å²) >= 11 is 1.71. The average molecular weight is 265 g/mol. The molecule has 0 unspecified atom stereocenters. The van der Waals surface area contributed by atoms with Gasteiger partial charge in [-0.1, -0.05) is 17.7 Å². The number of carbonyl (C=O) groups is 1. The zero-order valence-electron chi connectivity index (χ0n) is 10.6. The van der Waals surface area contributed by atoms with Gasteiger partial charge in [0.1, 0.15) is 0 Å². The van der Waals surface area contributed by atoms with Gasteiger partial charge >= 0.3 is 0 Å². The Morgan fingerprint density at radius 3 is 2.78 bits per heavy atom. The third-order valence-electron chi connectivity index (χ3n) is 3.12. The molecule has 0 radical (unpaired) electrons. The third-order valence-corrected chi connectivity index (χ3v) is 4.14. The SMILES string of the molecule is Cc1ccc(SCCC(=O)N2CC[C@@H](O)C2)cc1. The zero-order valence-corrected chi connectivity index (χ0v) is 11.4. The quantitative estimate of drug-likeness (QED) is 0.847. The van der Waals surface area contributed by atoms with E-state index in [1.54, 1.807) is 16.7 Å². The smallest absolute Gasteiger partial charge is 0.223 e. The van der Waals surface area contributed by atoms with E-state index in [0.29, 0.717) is 19.5 Å². The Morgan fingerprint density at radius 1 is 1.44 bits per heavy atom. The van der Waals surface area contributed by atoms with Crippen LogP contribution >= 0.6 is 11.8 Å². The van der Waals surface area contributed by atoms with Crippen molar-refractivity contribution in [3.63, 3.8) is 0 Å². The zero-order chi connectivity index (χ0) is 13.0. The maximum atomic E-state index is 11.8. The van der Waals surface area contributed by atoms with Crippen LogP contribution in [0.15, 0.2) is 29.2 Å². The van der Waals surface area contributed by atoms with E-state index in [0.717, 1.165) is 12.2 Å². The maximum absolute atomic E-state index is 11.8. The minimum absolute atomic E-state index is 0.158. The Labute approximate surface area is 112 Å². The lowest BCUT2D eigenvalue weighted by Crippen LogP contribution is -2.29. The van der Waals surface area contributed by atoms with E-state index in [1.807, 2.05) is 0 Å². The van der Waals surface area contributed by atoms with E-state index < -0.39 is 0 Å². The molecule has 0 saturated carbocycles. The highest BCUT2D eigenvalue weighted by Gasteiger charge is 2.23. The number of β-amino-alcohol motifs (C(OH)–C–C–N with tert-alkyl or cyclic N) is 1. The lowest BCUT2D eigenvalue weighted by Gasteiger charge is -2.15. The van der Waals surface area contributed by atoms with E-state index in [1.165, 1.54) is 10.5 Å². The molecule has 1 fully saturated rings. The summed E-state index contributed by atoms with van der Waals surface area (Å²) in [4.78, 5) is 14.8. The molecule has 0 spiro atoms. The van der Waals surface area contributed by atoms with Crippen molar-refractivity contribution in [1.29, 1.82) is 0 Å². The van der Waals surface area contributed by atoms with Gasteiger partial charge in [0, 0.05) is 30.2 Å². The maximum Gasteiger partial charge on any atom is 0.223 e. The number of hydrogen-bond acceptors (Lipinski definition) is 3. The highest BCUT2D eigenvalue weighted by atomic mass is 32.2. The first-order valence-corrected chi connectivity index (χ1v) is 7.29. The van der Waals surface area contributed by atoms with E-state index in [2.05, 4.69) is 31.2 Å². The molecule has 1 aliphatic rings. The fourth-order valence-corrected chi connectivity index (χ4v) is 2.86. The lowest BCUT2D eigenvalue weighted by molar-refractivity contribution is -0.130. The molecule has 1 atom stereocenters. The molecule has 3 nitrogen and oxygen atoms in total. The number of rotatable bonds is 4. The van der Waals surface area contributed by atoms with Crippen molar-refractivity contribution in [2.24, 2.45) is 0 Å². The third kappa shape index (κ3) is 3.75. The van der Waals surface area contributed by atoms with Crippen LogP contribution in [0.3, 0.4) is 0 Å². The van der Waals surface area contributed by atoms with Gasteiger partial charge in [0.15, 0.2) is 0 Å². The predicted octanol–water partition coefficient (Wildman–Crippen LogP) is 2.07. The van der Waals surface area contributed by atoms with E-state index in [-0.39, 0.29) is 12.0 Å². The van der Waals surface area contributed by atoms with Crippen LogP contribution in [0.5, 0.6) is 0 Å². The van der Waals surface area contributed by atoms with Gasteiger partial charge < -0.3 is 10.0 Å². The summed E-state index contributed by atoms with van der Waals surface area (Å²) in [7, 11) is 0. The standard InChI is InChI=1S/C14H19NO2S/c1-11-2-4-13(5-3-11)18-9-7-14(17)15-8-6-12(16)10-15/h2-5,12,16H,6-10H2,1H3/t12-/m1/s1. The summed E-state index contributed by atoms with van der Waals surface area (Å²) in [5.74, 6) is 0.959. The summed E-state index contributed by atoms with van der Waals surface area (Å²) in [6, 6.07) is 8.34. The largest absolute Gasteiger partial charge is 0.391 e. The van der Waals surface area contributed by atoms with Crippen molar-refractivity contribution < 1.29 is 9.90 Å². The van der Waals surface area contributed by atoms with E-state index >= 15 is 0 Å². The summed E-state index contributed by atoms with van der Waals surface area (Å²) in [6.07, 6.45) is 0.945. The first kappa shape index (κ1) is 13.4. The minimum Gasteiger partial charge on any atom is -0.391 e. The van der Waals surface area contributed by atoms with E-state index in [9.17, 15) is 9.90 Å². The minimum atomic E-state index is -0.321. The Balaban J connectivity index is 1.72. The Kier molecular flexibility index (Phi) is 4.66. The number of aliphatic hydroxyl groups is 1. The number of thioether (sulfide) groups is 1. The molecule has 0 bridgehead atoms. The number of likely N-dealkylation sites (tertiary alicyclic amines) is 1. The molecular formula is C14H19NO2S. The normalized spacial score (nSPS) is 19.2. The molecule has 1 saturated heterocycles. The van der Waals surface area contributed by atoms with Crippen molar-refractivity contribution in [3.05, 3.63) is 29.8 Å². The van der Waals surface area contributed by atoms with Crippen LogP contribution in [-0.2, 0) is 4.79 Å². The van der Waals surface area contributed by atoms with Crippen molar-refractivity contribution in [2.45, 2.75) is 30.8 Å². The number of carbonyl (C=O) groups excluding carboxylic acids is 1. The summed E-state index contributed by atoms with van der Waals surface area (Å²) in [5, 5.41) is 9.38. The molecular weight excluding hydrogens is 246 g/mol. The van der Waals surface area contributed by atoms with Crippen LogP contribution in [0, 0.1) is 6.92 Å². The summed E-state index contributed by atoms with van der Waals surface area (Å²) in [6.45, 7) is 3.28. The van der Waals surface area contributed by atoms with Crippen LogP contribution in [0.25, 0.3) is 0 Å². The Morgan fingerprint density at radius 2 is 2.17 bits per heavy atom. The molecule has 1 heterocycles. The van der Waals surface area contributed by atoms with Gasteiger partial charge in [-0.2, -0.15) is 0 Å². The average Bonchev–Trinajstić information content (AvgIpc) is 2.78. The number of aryl methyl sites for hydroxylation is 1. The van der Waals surface area contributed by atoms with Crippen LogP contribution in [-0.4, -0.2) is 40.9 Å². The number of amides is 1. The van der Waals surface area contributed by atoms with E-state index in [4.69, 9.17) is 0 Å². The van der Waals surface area contributed by atoms with Crippen LogP contribution in [0.4, 0.5) is 0 Å². The fraction of sp³-hybridized carbons (Fsp3) is 0.500. The van der Waals surface area contributed by atoms with Gasteiger partial charge in [0.05, 0.1) is 6.10 Å². The van der Waals surface area contributed by atoms with Gasteiger partial charge in [-0.05, 0) is 25.5 Å². The number of hydrogen-bond donors (Lipinski definition) is 1. The van der Waals surface area contributed by atoms with Gasteiger partial charge in [-0.3, -0.25) is 4.79 Å². The van der Waals surface area contributed by atoms with Gasteiger partial charge in [0.2, 0.25) is 5.91 Å². The van der Waals surface area contributed by atoms with Crippen molar-refractivity contribution in [3.8, 4) is 0 Å². The van der Waals surface area contributed by atoms with Crippen LogP contribution in [0.2, 0.25) is 0 Å². The highest BCUT2D eigenvalue weighted by molar-refractivity contribution is 7.99. The van der Waals surface area contributed by atoms with Crippen LogP contribution < -0.4 is 0 Å². The number of aliphatic hydroxyl groups excluding tert-OH is 1. The van der Waals surface area contributed by atoms with Crippen molar-refractivity contribution in [2.75, 3.05) is 18.8 Å². The number of nitrogens with zero attached hydrogens (tertiary/aromatic N) is 1. The molecule has 1 aliphatic heterocycles. The predicted molar refractivity (Wildman–Crippen MR) is 73.7 cm³/mol. The molecule has 1 aromatic rings. The fourth-order valence-electron chi connectivity index (χ4n) is 2.02. The molecule has 2 rings (SSSR count). The van der Waals surface area contributed by atoms with Gasteiger partial charge in [-0.15, -0.1) is 11.8 Å². The first-order chi connectivity index (χ1) is 8.65. The Hall–Kier alpha value is -1.00. The molecule has 1 amide bonds. The van der Waals surface area contributed by atoms with Gasteiger partial charge in [0.25, 0.3) is 0 Å². The molecule has 1 aromatic carbocycles. The molecule has 98 valence electrons. The highest BCUT2D eigenvalue weighted by Crippen LogP contribution is 2.20. The second-order valence-electron chi connectivity index (χ2n) is 4.69. The molecule has 0 aliphatic carbocycles.